The topological polar surface area (TPSA) is 96.6 Å². The van der Waals surface area contributed by atoms with E-state index >= 15 is 0 Å². The second-order valence-electron chi connectivity index (χ2n) is 3.35. The quantitative estimate of drug-likeness (QED) is 0.292. The summed E-state index contributed by atoms with van der Waals surface area (Å²) in [7, 11) is 1.68. The number of nitroso groups, excluding NO2 is 1. The van der Waals surface area contributed by atoms with Gasteiger partial charge in [-0.2, -0.15) is 0 Å². The molecular formula is C9H20N4O2S. The standard InChI is InChI=1S/C9H20N4O2S/c1-11-8(7-16-13-15)9(14)12-6-4-2-3-5-10/h8,11H,2-7,10H2,1H3,(H,12,14). The molecule has 0 heterocycles. The van der Waals surface area contributed by atoms with Crippen molar-refractivity contribution >= 4 is 17.9 Å². The third kappa shape index (κ3) is 7.61. The molecule has 16 heavy (non-hydrogen) atoms. The second kappa shape index (κ2) is 10.8. The van der Waals surface area contributed by atoms with Crippen molar-refractivity contribution in [1.82, 2.24) is 10.6 Å². The average Bonchev–Trinajstić information content (AvgIpc) is 2.30. The van der Waals surface area contributed by atoms with E-state index in [4.69, 9.17) is 5.73 Å². The van der Waals surface area contributed by atoms with Gasteiger partial charge in [0.05, 0.1) is 6.04 Å². The summed E-state index contributed by atoms with van der Waals surface area (Å²) >= 11 is 0.846. The summed E-state index contributed by atoms with van der Waals surface area (Å²) in [6, 6.07) is -0.364. The van der Waals surface area contributed by atoms with Crippen LogP contribution >= 0.6 is 11.9 Å². The van der Waals surface area contributed by atoms with E-state index in [1.165, 1.54) is 0 Å². The van der Waals surface area contributed by atoms with Gasteiger partial charge in [-0.05, 0) is 26.4 Å². The molecule has 0 aliphatic carbocycles. The first-order valence-corrected chi connectivity index (χ1v) is 6.30. The molecular weight excluding hydrogens is 228 g/mol. The van der Waals surface area contributed by atoms with Crippen LogP contribution in [-0.2, 0) is 4.79 Å². The zero-order chi connectivity index (χ0) is 12.2. The third-order valence-corrected chi connectivity index (χ3v) is 2.73. The molecule has 94 valence electrons. The highest BCUT2D eigenvalue weighted by Crippen LogP contribution is 2.03. The SMILES string of the molecule is CNC(CSN=O)C(=O)NCCCCCN. The lowest BCUT2D eigenvalue weighted by molar-refractivity contribution is -0.122. The molecule has 0 aromatic rings. The molecule has 0 bridgehead atoms. The summed E-state index contributed by atoms with van der Waals surface area (Å²) in [4.78, 5) is 21.5. The van der Waals surface area contributed by atoms with Crippen molar-refractivity contribution in [2.75, 3.05) is 25.9 Å². The number of nitrogens with one attached hydrogen (secondary N) is 2. The number of carbonyl (C=O) groups excluding carboxylic acids is 1. The molecule has 1 unspecified atom stereocenters. The van der Waals surface area contributed by atoms with E-state index in [-0.39, 0.29) is 11.9 Å². The highest BCUT2D eigenvalue weighted by atomic mass is 32.2. The van der Waals surface area contributed by atoms with Gasteiger partial charge in [-0.15, -0.1) is 4.91 Å². The van der Waals surface area contributed by atoms with Crippen LogP contribution in [0.1, 0.15) is 19.3 Å². The predicted molar refractivity (Wildman–Crippen MR) is 67.0 cm³/mol. The zero-order valence-electron chi connectivity index (χ0n) is 9.57. The molecule has 0 aliphatic heterocycles. The fraction of sp³-hybridized carbons (Fsp3) is 0.889. The Balaban J connectivity index is 3.62. The molecule has 0 fully saturated rings. The minimum absolute atomic E-state index is 0.0913. The fourth-order valence-corrected chi connectivity index (χ4v) is 1.70. The molecule has 1 amide bonds. The lowest BCUT2D eigenvalue weighted by Crippen LogP contribution is -2.44. The highest BCUT2D eigenvalue weighted by molar-refractivity contribution is 7.97. The number of hydrogen-bond acceptors (Lipinski definition) is 6. The molecule has 0 rings (SSSR count). The third-order valence-electron chi connectivity index (χ3n) is 2.14. The van der Waals surface area contributed by atoms with Crippen molar-refractivity contribution in [3.8, 4) is 0 Å². The lowest BCUT2D eigenvalue weighted by Gasteiger charge is -2.13. The van der Waals surface area contributed by atoms with E-state index in [2.05, 4.69) is 15.2 Å². The number of amides is 1. The first kappa shape index (κ1) is 15.3. The van der Waals surface area contributed by atoms with Crippen molar-refractivity contribution < 1.29 is 4.79 Å². The Hall–Kier alpha value is -0.660. The van der Waals surface area contributed by atoms with Gasteiger partial charge in [0.1, 0.15) is 0 Å². The summed E-state index contributed by atoms with van der Waals surface area (Å²) in [5, 5.41) is 5.64. The van der Waals surface area contributed by atoms with Crippen LogP contribution in [0.2, 0.25) is 0 Å². The minimum Gasteiger partial charge on any atom is -0.355 e. The molecule has 0 aromatic heterocycles. The van der Waals surface area contributed by atoms with Crippen molar-refractivity contribution in [3.63, 3.8) is 0 Å². The molecule has 1 atom stereocenters. The van der Waals surface area contributed by atoms with Gasteiger partial charge in [0, 0.05) is 28.8 Å². The van der Waals surface area contributed by atoms with Crippen LogP contribution in [0.25, 0.3) is 0 Å². The molecule has 0 radical (unpaired) electrons. The van der Waals surface area contributed by atoms with E-state index in [0.29, 0.717) is 18.8 Å². The zero-order valence-corrected chi connectivity index (χ0v) is 10.4. The first-order valence-electron chi connectivity index (χ1n) is 5.36. The summed E-state index contributed by atoms with van der Waals surface area (Å²) < 4.78 is 2.66. The van der Waals surface area contributed by atoms with E-state index in [0.717, 1.165) is 31.2 Å². The van der Waals surface area contributed by atoms with Crippen LogP contribution in [0.3, 0.4) is 0 Å². The largest absolute Gasteiger partial charge is 0.355 e. The maximum atomic E-state index is 11.6. The normalized spacial score (nSPS) is 12.1. The van der Waals surface area contributed by atoms with Crippen LogP contribution in [0, 0.1) is 4.91 Å². The van der Waals surface area contributed by atoms with E-state index < -0.39 is 0 Å². The minimum atomic E-state index is -0.364. The van der Waals surface area contributed by atoms with E-state index in [1.807, 2.05) is 0 Å². The summed E-state index contributed by atoms with van der Waals surface area (Å²) in [6.07, 6.45) is 2.93. The Morgan fingerprint density at radius 1 is 1.44 bits per heavy atom. The molecule has 0 saturated carbocycles. The Bertz CT molecular complexity index is 204. The lowest BCUT2D eigenvalue weighted by atomic mass is 10.2. The van der Waals surface area contributed by atoms with Crippen molar-refractivity contribution in [1.29, 1.82) is 0 Å². The molecule has 0 spiro atoms. The second-order valence-corrected chi connectivity index (χ2v) is 4.09. The van der Waals surface area contributed by atoms with Gasteiger partial charge in [0.15, 0.2) is 0 Å². The van der Waals surface area contributed by atoms with Crippen LogP contribution in [0.15, 0.2) is 4.58 Å². The van der Waals surface area contributed by atoms with Gasteiger partial charge < -0.3 is 16.4 Å². The number of hydrogen-bond donors (Lipinski definition) is 3. The number of nitrogens with zero attached hydrogens (tertiary/aromatic N) is 1. The highest BCUT2D eigenvalue weighted by Gasteiger charge is 2.15. The summed E-state index contributed by atoms with van der Waals surface area (Å²) in [5.74, 6) is 0.264. The van der Waals surface area contributed by atoms with Crippen molar-refractivity contribution in [2.45, 2.75) is 25.3 Å². The Morgan fingerprint density at radius 2 is 2.19 bits per heavy atom. The van der Waals surface area contributed by atoms with Gasteiger partial charge >= 0.3 is 0 Å². The first-order chi connectivity index (χ1) is 7.76. The Morgan fingerprint density at radius 3 is 2.75 bits per heavy atom. The molecule has 0 aromatic carbocycles. The monoisotopic (exact) mass is 248 g/mol. The smallest absolute Gasteiger partial charge is 0.238 e. The number of unbranched alkanes of at least 4 members (excludes halogenated alkanes) is 2. The molecule has 0 saturated heterocycles. The van der Waals surface area contributed by atoms with E-state index in [1.54, 1.807) is 7.05 Å². The predicted octanol–water partition coefficient (Wildman–Crippen LogP) is 0.234. The van der Waals surface area contributed by atoms with Gasteiger partial charge in [-0.25, -0.2) is 0 Å². The van der Waals surface area contributed by atoms with Crippen LogP contribution in [0.4, 0.5) is 0 Å². The maximum Gasteiger partial charge on any atom is 0.238 e. The molecule has 7 heteroatoms. The van der Waals surface area contributed by atoms with Crippen LogP contribution < -0.4 is 16.4 Å². The van der Waals surface area contributed by atoms with Gasteiger partial charge in [0.25, 0.3) is 0 Å². The van der Waals surface area contributed by atoms with Crippen molar-refractivity contribution in [2.24, 2.45) is 10.3 Å². The van der Waals surface area contributed by atoms with Crippen LogP contribution in [-0.4, -0.2) is 37.8 Å². The number of rotatable bonds is 10. The average molecular weight is 248 g/mol. The number of nitrogens with two attached hydrogens (primary N) is 1. The Kier molecular flexibility index (Phi) is 10.4. The number of likely N-dealkylation sites (N-methyl/N-ethyl adjacent to an activating group) is 1. The van der Waals surface area contributed by atoms with Crippen LogP contribution in [0.5, 0.6) is 0 Å². The summed E-state index contributed by atoms with van der Waals surface area (Å²) in [6.45, 7) is 1.34. The molecule has 4 N–H and O–H groups in total. The fourth-order valence-electron chi connectivity index (χ4n) is 1.18. The maximum absolute atomic E-state index is 11.6. The molecule has 0 aliphatic rings. The van der Waals surface area contributed by atoms with Gasteiger partial charge in [-0.3, -0.25) is 4.79 Å². The van der Waals surface area contributed by atoms with Crippen molar-refractivity contribution in [3.05, 3.63) is 4.91 Å². The van der Waals surface area contributed by atoms with E-state index in [9.17, 15) is 9.70 Å². The molecule has 6 nitrogen and oxygen atoms in total. The summed E-state index contributed by atoms with van der Waals surface area (Å²) in [5.41, 5.74) is 5.36. The van der Waals surface area contributed by atoms with Gasteiger partial charge in [-0.1, -0.05) is 6.42 Å². The Labute approximate surface area is 100 Å². The number of carbonyl (C=O) groups is 1. The van der Waals surface area contributed by atoms with Gasteiger partial charge in [0.2, 0.25) is 5.91 Å².